The Morgan fingerprint density at radius 3 is 2.52 bits per heavy atom. The third-order valence-corrected chi connectivity index (χ3v) is 4.95. The van der Waals surface area contributed by atoms with E-state index < -0.39 is 0 Å². The van der Waals surface area contributed by atoms with Crippen LogP contribution in [0.15, 0.2) is 36.4 Å². The summed E-state index contributed by atoms with van der Waals surface area (Å²) < 4.78 is 0. The van der Waals surface area contributed by atoms with Crippen LogP contribution >= 0.6 is 0 Å². The van der Waals surface area contributed by atoms with Crippen molar-refractivity contribution in [2.24, 2.45) is 0 Å². The Hall–Kier alpha value is -1.65. The van der Waals surface area contributed by atoms with E-state index in [1.807, 2.05) is 18.2 Å². The highest BCUT2D eigenvalue weighted by atomic mass is 16.2. The van der Waals surface area contributed by atoms with E-state index in [9.17, 15) is 4.79 Å². The summed E-state index contributed by atoms with van der Waals surface area (Å²) >= 11 is 0. The summed E-state index contributed by atoms with van der Waals surface area (Å²) in [5, 5.41) is 3.07. The Morgan fingerprint density at radius 1 is 1.13 bits per heavy atom. The summed E-state index contributed by atoms with van der Waals surface area (Å²) in [7, 11) is 0. The molecule has 1 amide bonds. The van der Waals surface area contributed by atoms with Crippen LogP contribution in [0.25, 0.3) is 0 Å². The fourth-order valence-electron chi connectivity index (χ4n) is 3.53. The van der Waals surface area contributed by atoms with Crippen LogP contribution in [-0.4, -0.2) is 54.5 Å². The molecule has 2 aliphatic rings. The van der Waals surface area contributed by atoms with Gasteiger partial charge in [-0.05, 0) is 30.9 Å². The molecule has 1 aliphatic carbocycles. The molecule has 1 N–H and O–H groups in total. The van der Waals surface area contributed by atoms with Crippen LogP contribution in [0.2, 0.25) is 0 Å². The van der Waals surface area contributed by atoms with Gasteiger partial charge in [-0.15, -0.1) is 0 Å². The number of benzene rings is 1. The minimum absolute atomic E-state index is 0.0990. The summed E-state index contributed by atoms with van der Waals surface area (Å²) in [6.45, 7) is 6.73. The van der Waals surface area contributed by atoms with E-state index in [4.69, 9.17) is 0 Å². The van der Waals surface area contributed by atoms with Crippen molar-refractivity contribution in [3.63, 3.8) is 0 Å². The quantitative estimate of drug-likeness (QED) is 0.849. The standard InChI is InChI=1S/C19H27N3O/c1-2-16-7-3-6-10-18(16)20-19(23)15-21-11-13-22(14-12-21)17-8-4-5-9-17/h3-7,10,17H,2,8-9,11-15H2,1H3,(H,20,23). The van der Waals surface area contributed by atoms with Crippen LogP contribution in [0.4, 0.5) is 5.69 Å². The average Bonchev–Trinajstić information content (AvgIpc) is 3.10. The zero-order chi connectivity index (χ0) is 16.1. The Bertz CT molecular complexity index is 553. The molecule has 0 radical (unpaired) electrons. The van der Waals surface area contributed by atoms with Crippen molar-refractivity contribution in [2.75, 3.05) is 38.0 Å². The highest BCUT2D eigenvalue weighted by Gasteiger charge is 2.24. The van der Waals surface area contributed by atoms with Crippen molar-refractivity contribution in [3.8, 4) is 0 Å². The molecule has 124 valence electrons. The van der Waals surface area contributed by atoms with Crippen molar-refractivity contribution in [1.82, 2.24) is 9.80 Å². The molecule has 4 nitrogen and oxygen atoms in total. The molecule has 3 rings (SSSR count). The van der Waals surface area contributed by atoms with E-state index >= 15 is 0 Å². The van der Waals surface area contributed by atoms with Gasteiger partial charge in [0.15, 0.2) is 0 Å². The first-order valence-corrected chi connectivity index (χ1v) is 8.75. The van der Waals surface area contributed by atoms with E-state index in [2.05, 4.69) is 40.3 Å². The zero-order valence-electron chi connectivity index (χ0n) is 14.0. The smallest absolute Gasteiger partial charge is 0.238 e. The van der Waals surface area contributed by atoms with Crippen LogP contribution in [0.1, 0.15) is 25.3 Å². The number of piperazine rings is 1. The number of para-hydroxylation sites is 1. The molecule has 4 heteroatoms. The number of amides is 1. The fourth-order valence-corrected chi connectivity index (χ4v) is 3.53. The molecule has 0 bridgehead atoms. The van der Waals surface area contributed by atoms with Gasteiger partial charge in [-0.25, -0.2) is 0 Å². The average molecular weight is 313 g/mol. The maximum absolute atomic E-state index is 12.3. The first-order chi connectivity index (χ1) is 11.3. The van der Waals surface area contributed by atoms with E-state index in [-0.39, 0.29) is 5.91 Å². The lowest BCUT2D eigenvalue weighted by molar-refractivity contribution is -0.117. The predicted molar refractivity (Wildman–Crippen MR) is 94.6 cm³/mol. The van der Waals surface area contributed by atoms with E-state index in [0.717, 1.165) is 38.3 Å². The molecule has 1 fully saturated rings. The van der Waals surface area contributed by atoms with Crippen LogP contribution in [0.5, 0.6) is 0 Å². The van der Waals surface area contributed by atoms with Gasteiger partial charge >= 0.3 is 0 Å². The lowest BCUT2D eigenvalue weighted by atomic mass is 10.1. The minimum atomic E-state index is 0.0990. The third-order valence-electron chi connectivity index (χ3n) is 4.95. The van der Waals surface area contributed by atoms with E-state index in [0.29, 0.717) is 12.6 Å². The Balaban J connectivity index is 1.45. The molecule has 0 aromatic heterocycles. The molecule has 1 aliphatic heterocycles. The summed E-state index contributed by atoms with van der Waals surface area (Å²) in [6.07, 6.45) is 7.89. The van der Waals surface area contributed by atoms with Gasteiger partial charge in [0.05, 0.1) is 6.54 Å². The van der Waals surface area contributed by atoms with Crippen molar-refractivity contribution in [3.05, 3.63) is 42.0 Å². The molecule has 1 heterocycles. The minimum Gasteiger partial charge on any atom is -0.325 e. The fraction of sp³-hybridized carbons (Fsp3) is 0.526. The maximum atomic E-state index is 12.3. The molecule has 1 saturated heterocycles. The second-order valence-corrected chi connectivity index (χ2v) is 6.47. The van der Waals surface area contributed by atoms with Crippen molar-refractivity contribution in [1.29, 1.82) is 0 Å². The first kappa shape index (κ1) is 16.2. The van der Waals surface area contributed by atoms with Gasteiger partial charge in [0.2, 0.25) is 5.91 Å². The molecule has 0 unspecified atom stereocenters. The molecule has 1 aromatic carbocycles. The van der Waals surface area contributed by atoms with Gasteiger partial charge in [-0.2, -0.15) is 0 Å². The number of aryl methyl sites for hydroxylation is 1. The molecular weight excluding hydrogens is 286 g/mol. The second kappa shape index (κ2) is 7.75. The normalized spacial score (nSPS) is 20.0. The second-order valence-electron chi connectivity index (χ2n) is 6.47. The van der Waals surface area contributed by atoms with Gasteiger partial charge in [0.25, 0.3) is 0 Å². The number of nitrogens with one attached hydrogen (secondary N) is 1. The van der Waals surface area contributed by atoms with Crippen LogP contribution in [-0.2, 0) is 11.2 Å². The topological polar surface area (TPSA) is 35.6 Å². The maximum Gasteiger partial charge on any atom is 0.238 e. The van der Waals surface area contributed by atoms with E-state index in [1.54, 1.807) is 0 Å². The number of hydrogen-bond donors (Lipinski definition) is 1. The predicted octanol–water partition coefficient (Wildman–Crippen LogP) is 2.52. The molecule has 23 heavy (non-hydrogen) atoms. The molecular formula is C19H27N3O. The molecule has 0 atom stereocenters. The monoisotopic (exact) mass is 313 g/mol. The number of anilines is 1. The summed E-state index contributed by atoms with van der Waals surface area (Å²) in [6, 6.07) is 8.75. The van der Waals surface area contributed by atoms with Crippen LogP contribution in [0, 0.1) is 0 Å². The van der Waals surface area contributed by atoms with Crippen molar-refractivity contribution >= 4 is 11.6 Å². The first-order valence-electron chi connectivity index (χ1n) is 8.75. The van der Waals surface area contributed by atoms with Gasteiger partial charge in [-0.1, -0.05) is 37.3 Å². The lowest BCUT2D eigenvalue weighted by Gasteiger charge is -2.37. The number of nitrogens with zero attached hydrogens (tertiary/aromatic N) is 2. The zero-order valence-corrected chi connectivity index (χ0v) is 14.0. The number of hydrogen-bond acceptors (Lipinski definition) is 3. The van der Waals surface area contributed by atoms with Gasteiger partial charge in [0.1, 0.15) is 0 Å². The van der Waals surface area contributed by atoms with Crippen molar-refractivity contribution in [2.45, 2.75) is 32.2 Å². The summed E-state index contributed by atoms with van der Waals surface area (Å²) in [4.78, 5) is 17.1. The molecule has 0 saturated carbocycles. The van der Waals surface area contributed by atoms with Gasteiger partial charge < -0.3 is 5.32 Å². The van der Waals surface area contributed by atoms with Crippen LogP contribution in [0.3, 0.4) is 0 Å². The SMILES string of the molecule is CCc1ccccc1NC(=O)CN1CCN(C2CC=CC2)CC1. The largest absolute Gasteiger partial charge is 0.325 e. The highest BCUT2D eigenvalue weighted by Crippen LogP contribution is 2.19. The van der Waals surface area contributed by atoms with Crippen LogP contribution < -0.4 is 5.32 Å². The Kier molecular flexibility index (Phi) is 5.47. The number of rotatable bonds is 5. The Morgan fingerprint density at radius 2 is 1.83 bits per heavy atom. The van der Waals surface area contributed by atoms with Gasteiger partial charge in [-0.3, -0.25) is 14.6 Å². The van der Waals surface area contributed by atoms with Crippen molar-refractivity contribution < 1.29 is 4.79 Å². The summed E-state index contributed by atoms with van der Waals surface area (Å²) in [5.74, 6) is 0.0990. The highest BCUT2D eigenvalue weighted by molar-refractivity contribution is 5.93. The Labute approximate surface area is 139 Å². The molecule has 1 aromatic rings. The molecule has 0 spiro atoms. The third kappa shape index (κ3) is 4.21. The number of carbonyl (C=O) groups is 1. The number of carbonyl (C=O) groups excluding carboxylic acids is 1. The van der Waals surface area contributed by atoms with Gasteiger partial charge in [0, 0.05) is 37.9 Å². The van der Waals surface area contributed by atoms with E-state index in [1.165, 1.54) is 18.4 Å². The lowest BCUT2D eigenvalue weighted by Crippen LogP contribution is -2.51. The summed E-state index contributed by atoms with van der Waals surface area (Å²) in [5.41, 5.74) is 2.15.